The molecule has 1 aromatic carbocycles. The predicted molar refractivity (Wildman–Crippen MR) is 68.0 cm³/mol. The number of rotatable bonds is 2. The van der Waals surface area contributed by atoms with Crippen LogP contribution in [0.3, 0.4) is 0 Å². The van der Waals surface area contributed by atoms with E-state index < -0.39 is 0 Å². The van der Waals surface area contributed by atoms with Crippen molar-refractivity contribution in [3.63, 3.8) is 0 Å². The quantitative estimate of drug-likeness (QED) is 0.679. The first kappa shape index (κ1) is 10.3. The van der Waals surface area contributed by atoms with Crippen LogP contribution in [0.5, 0.6) is 0 Å². The second-order valence-corrected chi connectivity index (χ2v) is 5.23. The molecule has 0 fully saturated rings. The zero-order valence-corrected chi connectivity index (χ0v) is 10.5. The summed E-state index contributed by atoms with van der Waals surface area (Å²) in [6.07, 6.45) is 3.17. The summed E-state index contributed by atoms with van der Waals surface area (Å²) in [5.41, 5.74) is 1.43. The zero-order valence-electron chi connectivity index (χ0n) is 8.13. The Morgan fingerprint density at radius 3 is 2.93 bits per heavy atom. The lowest BCUT2D eigenvalue weighted by atomic mass is 10.1. The third kappa shape index (κ3) is 1.56. The van der Waals surface area contributed by atoms with Crippen LogP contribution in [-0.2, 0) is 6.42 Å². The van der Waals surface area contributed by atoms with E-state index >= 15 is 0 Å². The first-order valence-electron chi connectivity index (χ1n) is 4.50. The van der Waals surface area contributed by atoms with E-state index in [0.717, 1.165) is 11.4 Å². The van der Waals surface area contributed by atoms with Crippen molar-refractivity contribution in [2.45, 2.75) is 18.2 Å². The summed E-state index contributed by atoms with van der Waals surface area (Å²) in [4.78, 5) is 1.31. The van der Waals surface area contributed by atoms with E-state index in [-0.39, 0.29) is 0 Å². The van der Waals surface area contributed by atoms with Gasteiger partial charge in [0.05, 0.1) is 9.72 Å². The highest BCUT2D eigenvalue weighted by Gasteiger charge is 2.09. The Kier molecular flexibility index (Phi) is 3.05. The molecule has 0 spiro atoms. The minimum Gasteiger partial charge on any atom is -0.142 e. The van der Waals surface area contributed by atoms with Gasteiger partial charge in [-0.2, -0.15) is 0 Å². The van der Waals surface area contributed by atoms with E-state index in [0.29, 0.717) is 0 Å². The normalized spacial score (nSPS) is 11.1. The number of thioether (sulfide) groups is 1. The lowest BCUT2D eigenvalue weighted by molar-refractivity contribution is 1.11. The third-order valence-electron chi connectivity index (χ3n) is 2.34. The van der Waals surface area contributed by atoms with Gasteiger partial charge in [0.25, 0.3) is 0 Å². The molecule has 0 aliphatic rings. The number of halogens is 1. The van der Waals surface area contributed by atoms with Gasteiger partial charge in [-0.15, -0.1) is 23.1 Å². The topological polar surface area (TPSA) is 0 Å². The summed E-state index contributed by atoms with van der Waals surface area (Å²) in [5, 5.41) is 4.32. The Bertz CT molecular complexity index is 460. The van der Waals surface area contributed by atoms with E-state index in [9.17, 15) is 0 Å². The van der Waals surface area contributed by atoms with Crippen LogP contribution in [0.2, 0.25) is 5.02 Å². The molecule has 0 amide bonds. The van der Waals surface area contributed by atoms with E-state index in [2.05, 4.69) is 30.7 Å². The van der Waals surface area contributed by atoms with Gasteiger partial charge in [0.1, 0.15) is 0 Å². The maximum Gasteiger partial charge on any atom is 0.0595 e. The van der Waals surface area contributed by atoms with Crippen LogP contribution in [0.1, 0.15) is 12.5 Å². The lowest BCUT2D eigenvalue weighted by Crippen LogP contribution is -1.86. The van der Waals surface area contributed by atoms with Gasteiger partial charge in [0, 0.05) is 4.90 Å². The van der Waals surface area contributed by atoms with Gasteiger partial charge in [-0.3, -0.25) is 0 Å². The maximum atomic E-state index is 6.21. The van der Waals surface area contributed by atoms with Crippen LogP contribution in [0.4, 0.5) is 0 Å². The Morgan fingerprint density at radius 2 is 2.29 bits per heavy atom. The fourth-order valence-corrected chi connectivity index (χ4v) is 3.65. The standard InChI is InChI=1S/C11H11ClS2/c1-3-7-8-4-5-14-11(8)9(12)6-10(7)13-2/h4-6H,3H2,1-2H3. The summed E-state index contributed by atoms with van der Waals surface area (Å²) in [7, 11) is 0. The zero-order chi connectivity index (χ0) is 10.1. The molecular formula is C11H11ClS2. The van der Waals surface area contributed by atoms with Crippen molar-refractivity contribution in [2.24, 2.45) is 0 Å². The number of benzene rings is 1. The molecule has 2 aromatic rings. The summed E-state index contributed by atoms with van der Waals surface area (Å²) in [5.74, 6) is 0. The van der Waals surface area contributed by atoms with Crippen LogP contribution >= 0.6 is 34.7 Å². The molecular weight excluding hydrogens is 232 g/mol. The molecule has 0 N–H and O–H groups in total. The van der Waals surface area contributed by atoms with E-state index in [1.54, 1.807) is 23.1 Å². The first-order valence-corrected chi connectivity index (χ1v) is 6.98. The molecule has 1 aromatic heterocycles. The van der Waals surface area contributed by atoms with E-state index in [1.165, 1.54) is 20.5 Å². The smallest absolute Gasteiger partial charge is 0.0595 e. The lowest BCUT2D eigenvalue weighted by Gasteiger charge is -2.07. The molecule has 0 saturated heterocycles. The SMILES string of the molecule is CCc1c(SC)cc(Cl)c2sccc12. The predicted octanol–water partition coefficient (Wildman–Crippen LogP) is 4.84. The van der Waals surface area contributed by atoms with Crippen molar-refractivity contribution in [1.82, 2.24) is 0 Å². The van der Waals surface area contributed by atoms with E-state index in [4.69, 9.17) is 11.6 Å². The van der Waals surface area contributed by atoms with Crippen LogP contribution in [-0.4, -0.2) is 6.26 Å². The van der Waals surface area contributed by atoms with Crippen LogP contribution in [0, 0.1) is 0 Å². The Morgan fingerprint density at radius 1 is 1.50 bits per heavy atom. The molecule has 0 saturated carbocycles. The van der Waals surface area contributed by atoms with Crippen LogP contribution in [0.15, 0.2) is 22.4 Å². The Labute approximate surface area is 97.3 Å². The number of aryl methyl sites for hydroxylation is 1. The van der Waals surface area contributed by atoms with Crippen molar-refractivity contribution in [1.29, 1.82) is 0 Å². The number of hydrogen-bond donors (Lipinski definition) is 0. The molecule has 1 heterocycles. The second kappa shape index (κ2) is 4.13. The minimum absolute atomic E-state index is 0.886. The Hall–Kier alpha value is -0.180. The summed E-state index contributed by atoms with van der Waals surface area (Å²) in [6, 6.07) is 4.26. The van der Waals surface area contributed by atoms with Crippen molar-refractivity contribution in [3.05, 3.63) is 28.1 Å². The molecule has 74 valence electrons. The highest BCUT2D eigenvalue weighted by Crippen LogP contribution is 2.37. The molecule has 0 aliphatic heterocycles. The number of thiophene rings is 1. The average Bonchev–Trinajstić information content (AvgIpc) is 2.66. The second-order valence-electron chi connectivity index (χ2n) is 3.06. The summed E-state index contributed by atoms with van der Waals surface area (Å²) < 4.78 is 1.22. The molecule has 0 bridgehead atoms. The molecule has 0 radical (unpaired) electrons. The highest BCUT2D eigenvalue weighted by molar-refractivity contribution is 7.98. The Balaban J connectivity index is 2.82. The van der Waals surface area contributed by atoms with Gasteiger partial charge in [-0.25, -0.2) is 0 Å². The monoisotopic (exact) mass is 242 g/mol. The molecule has 0 nitrogen and oxygen atoms in total. The third-order valence-corrected chi connectivity index (χ3v) is 4.50. The van der Waals surface area contributed by atoms with Crippen molar-refractivity contribution in [3.8, 4) is 0 Å². The van der Waals surface area contributed by atoms with Gasteiger partial charge >= 0.3 is 0 Å². The van der Waals surface area contributed by atoms with Crippen molar-refractivity contribution < 1.29 is 0 Å². The van der Waals surface area contributed by atoms with Gasteiger partial charge in [-0.05, 0) is 41.1 Å². The molecule has 14 heavy (non-hydrogen) atoms. The van der Waals surface area contributed by atoms with Gasteiger partial charge in [0.15, 0.2) is 0 Å². The molecule has 3 heteroatoms. The number of hydrogen-bond acceptors (Lipinski definition) is 2. The molecule has 0 aliphatic carbocycles. The highest BCUT2D eigenvalue weighted by atomic mass is 35.5. The van der Waals surface area contributed by atoms with Crippen LogP contribution < -0.4 is 0 Å². The molecule has 0 unspecified atom stereocenters. The first-order chi connectivity index (χ1) is 6.77. The average molecular weight is 243 g/mol. The fourth-order valence-electron chi connectivity index (χ4n) is 1.68. The largest absolute Gasteiger partial charge is 0.142 e. The van der Waals surface area contributed by atoms with Gasteiger partial charge < -0.3 is 0 Å². The summed E-state index contributed by atoms with van der Waals surface area (Å²) >= 11 is 9.70. The van der Waals surface area contributed by atoms with Gasteiger partial charge in [0.2, 0.25) is 0 Å². The minimum atomic E-state index is 0.886. The summed E-state index contributed by atoms with van der Waals surface area (Å²) in [6.45, 7) is 2.19. The molecule has 2 rings (SSSR count). The van der Waals surface area contributed by atoms with Crippen molar-refractivity contribution >= 4 is 44.8 Å². The van der Waals surface area contributed by atoms with Gasteiger partial charge in [-0.1, -0.05) is 18.5 Å². The van der Waals surface area contributed by atoms with Crippen LogP contribution in [0.25, 0.3) is 10.1 Å². The molecule has 0 atom stereocenters. The van der Waals surface area contributed by atoms with Crippen molar-refractivity contribution in [2.75, 3.05) is 6.26 Å². The number of fused-ring (bicyclic) bond motifs is 1. The fraction of sp³-hybridized carbons (Fsp3) is 0.273. The van der Waals surface area contributed by atoms with E-state index in [1.807, 2.05) is 0 Å². The maximum absolute atomic E-state index is 6.21.